The largest absolute Gasteiger partial charge is 0.377 e. The maximum Gasteiger partial charge on any atom is 0.163 e. The number of nitrogens with one attached hydrogen (secondary N) is 1. The number of hydrogen-bond acceptors (Lipinski definition) is 5. The van der Waals surface area contributed by atoms with Gasteiger partial charge in [-0.3, -0.25) is 4.68 Å². The Morgan fingerprint density at radius 1 is 1.25 bits per heavy atom. The maximum atomic E-state index is 5.62. The van der Waals surface area contributed by atoms with Crippen LogP contribution in [0.1, 0.15) is 12.5 Å². The number of fused-ring (bicyclic) bond motifs is 1. The Labute approximate surface area is 162 Å². The summed E-state index contributed by atoms with van der Waals surface area (Å²) in [6.45, 7) is 6.46. The van der Waals surface area contributed by atoms with Gasteiger partial charge in [0, 0.05) is 31.5 Å². The van der Waals surface area contributed by atoms with E-state index in [0.29, 0.717) is 13.2 Å². The number of rotatable bonds is 3. The average Bonchev–Trinajstić information content (AvgIpc) is 3.41. The van der Waals surface area contributed by atoms with Crippen molar-refractivity contribution in [2.45, 2.75) is 19.9 Å². The van der Waals surface area contributed by atoms with E-state index in [1.807, 2.05) is 40.9 Å². The first-order valence-corrected chi connectivity index (χ1v) is 9.49. The monoisotopic (exact) mass is 377 g/mol. The molecule has 4 aromatic rings. The van der Waals surface area contributed by atoms with E-state index >= 15 is 0 Å². The number of anilines is 1. The number of morpholine rings is 1. The quantitative estimate of drug-likeness (QED) is 0.594. The highest BCUT2D eigenvalue weighted by molar-refractivity contribution is 5.79. The van der Waals surface area contributed by atoms with Gasteiger partial charge in [-0.2, -0.15) is 5.10 Å². The lowest BCUT2D eigenvalue weighted by Crippen LogP contribution is -2.44. The molecule has 1 N–H and O–H groups in total. The van der Waals surface area contributed by atoms with Crippen LogP contribution in [0.15, 0.2) is 36.8 Å². The van der Waals surface area contributed by atoms with Gasteiger partial charge in [-0.1, -0.05) is 0 Å². The highest BCUT2D eigenvalue weighted by atomic mass is 16.5. The molecular weight excluding hydrogens is 354 g/mol. The average molecular weight is 377 g/mol. The van der Waals surface area contributed by atoms with E-state index in [2.05, 4.69) is 41.0 Å². The van der Waals surface area contributed by atoms with Crippen molar-refractivity contribution in [3.05, 3.63) is 42.4 Å². The zero-order chi connectivity index (χ0) is 19.3. The van der Waals surface area contributed by atoms with E-state index in [1.165, 1.54) is 5.56 Å². The van der Waals surface area contributed by atoms with Crippen molar-refractivity contribution in [1.82, 2.24) is 29.4 Å². The van der Waals surface area contributed by atoms with Crippen molar-refractivity contribution >= 4 is 11.5 Å². The Morgan fingerprint density at radius 2 is 2.14 bits per heavy atom. The first-order valence-electron chi connectivity index (χ1n) is 9.49. The SMILES string of the molecule is Cc1c[nH]c(-c2cnc3c(-c4ccnn4C)cc(N4CCOC[C@H]4C)nn23)c1. The number of H-pyrrole nitrogens is 1. The smallest absolute Gasteiger partial charge is 0.163 e. The van der Waals surface area contributed by atoms with Crippen molar-refractivity contribution in [2.75, 3.05) is 24.7 Å². The molecule has 0 unspecified atom stereocenters. The Kier molecular flexibility index (Phi) is 3.94. The summed E-state index contributed by atoms with van der Waals surface area (Å²) in [7, 11) is 1.95. The van der Waals surface area contributed by atoms with Crippen LogP contribution in [0.5, 0.6) is 0 Å². The number of hydrogen-bond donors (Lipinski definition) is 1. The Hall–Kier alpha value is -3.13. The van der Waals surface area contributed by atoms with Crippen LogP contribution in [0.4, 0.5) is 5.82 Å². The molecule has 0 aliphatic carbocycles. The maximum absolute atomic E-state index is 5.62. The molecule has 5 heterocycles. The third kappa shape index (κ3) is 2.68. The van der Waals surface area contributed by atoms with Gasteiger partial charge in [0.05, 0.1) is 36.8 Å². The minimum absolute atomic E-state index is 0.262. The Bertz CT molecular complexity index is 1140. The topological polar surface area (TPSA) is 76.3 Å². The molecule has 1 aliphatic rings. The normalized spacial score (nSPS) is 17.5. The zero-order valence-electron chi connectivity index (χ0n) is 16.3. The molecule has 5 rings (SSSR count). The van der Waals surface area contributed by atoms with E-state index < -0.39 is 0 Å². The van der Waals surface area contributed by atoms with E-state index in [0.717, 1.165) is 40.7 Å². The minimum Gasteiger partial charge on any atom is -0.377 e. The summed E-state index contributed by atoms with van der Waals surface area (Å²) in [4.78, 5) is 10.3. The lowest BCUT2D eigenvalue weighted by Gasteiger charge is -2.34. The van der Waals surface area contributed by atoms with Crippen molar-refractivity contribution in [3.63, 3.8) is 0 Å². The molecule has 144 valence electrons. The number of imidazole rings is 1. The number of aromatic nitrogens is 6. The van der Waals surface area contributed by atoms with Crippen LogP contribution in [0.3, 0.4) is 0 Å². The molecule has 0 spiro atoms. The van der Waals surface area contributed by atoms with E-state index in [-0.39, 0.29) is 6.04 Å². The fraction of sp³-hybridized carbons (Fsp3) is 0.350. The molecule has 8 nitrogen and oxygen atoms in total. The summed E-state index contributed by atoms with van der Waals surface area (Å²) in [6, 6.07) is 6.50. The van der Waals surface area contributed by atoms with E-state index in [1.54, 1.807) is 0 Å². The zero-order valence-corrected chi connectivity index (χ0v) is 16.3. The molecule has 8 heteroatoms. The van der Waals surface area contributed by atoms with Crippen LogP contribution >= 0.6 is 0 Å². The molecule has 0 amide bonds. The summed E-state index contributed by atoms with van der Waals surface area (Å²) < 4.78 is 9.42. The van der Waals surface area contributed by atoms with Crippen LogP contribution in [-0.2, 0) is 11.8 Å². The van der Waals surface area contributed by atoms with Gasteiger partial charge >= 0.3 is 0 Å². The lowest BCUT2D eigenvalue weighted by molar-refractivity contribution is 0.0984. The third-order valence-electron chi connectivity index (χ3n) is 5.32. The van der Waals surface area contributed by atoms with Gasteiger partial charge in [0.1, 0.15) is 5.69 Å². The molecule has 1 fully saturated rings. The van der Waals surface area contributed by atoms with Crippen molar-refractivity contribution in [2.24, 2.45) is 7.05 Å². The number of nitrogens with zero attached hydrogens (tertiary/aromatic N) is 6. The lowest BCUT2D eigenvalue weighted by atomic mass is 10.2. The second kappa shape index (κ2) is 6.49. The van der Waals surface area contributed by atoms with Crippen LogP contribution in [-0.4, -0.2) is 55.2 Å². The molecular formula is C20H23N7O. The fourth-order valence-electron chi connectivity index (χ4n) is 3.82. The van der Waals surface area contributed by atoms with Crippen LogP contribution in [0, 0.1) is 6.92 Å². The molecule has 4 aromatic heterocycles. The summed E-state index contributed by atoms with van der Waals surface area (Å²) in [5, 5.41) is 9.31. The first kappa shape index (κ1) is 17.0. The molecule has 0 bridgehead atoms. The highest BCUT2D eigenvalue weighted by Crippen LogP contribution is 2.31. The van der Waals surface area contributed by atoms with Crippen LogP contribution in [0.2, 0.25) is 0 Å². The molecule has 1 saturated heterocycles. The predicted octanol–water partition coefficient (Wildman–Crippen LogP) is 2.66. The van der Waals surface area contributed by atoms with Gasteiger partial charge in [-0.15, -0.1) is 5.10 Å². The number of aryl methyl sites for hydroxylation is 2. The van der Waals surface area contributed by atoms with Gasteiger partial charge in [-0.05, 0) is 37.6 Å². The molecule has 1 atom stereocenters. The standard InChI is InChI=1S/C20H23N7O/c1-13-8-16(21-10-13)18-11-22-20-15(17-4-5-23-25(17)3)9-19(24-27(18)20)26-6-7-28-12-14(26)2/h4-5,8-11,14,21H,6-7,12H2,1-3H3/t14-/m1/s1. The minimum atomic E-state index is 0.262. The molecule has 0 saturated carbocycles. The predicted molar refractivity (Wildman–Crippen MR) is 107 cm³/mol. The van der Waals surface area contributed by atoms with Gasteiger partial charge < -0.3 is 14.6 Å². The van der Waals surface area contributed by atoms with Crippen LogP contribution < -0.4 is 4.90 Å². The van der Waals surface area contributed by atoms with Gasteiger partial charge in [-0.25, -0.2) is 9.50 Å². The second-order valence-electron chi connectivity index (χ2n) is 7.34. The summed E-state index contributed by atoms with van der Waals surface area (Å²) >= 11 is 0. The van der Waals surface area contributed by atoms with Crippen molar-refractivity contribution in [3.8, 4) is 22.6 Å². The molecule has 28 heavy (non-hydrogen) atoms. The third-order valence-corrected chi connectivity index (χ3v) is 5.32. The fourth-order valence-corrected chi connectivity index (χ4v) is 3.82. The van der Waals surface area contributed by atoms with E-state index in [9.17, 15) is 0 Å². The molecule has 0 radical (unpaired) electrons. The number of aromatic amines is 1. The Morgan fingerprint density at radius 3 is 2.86 bits per heavy atom. The van der Waals surface area contributed by atoms with Gasteiger partial charge in [0.15, 0.2) is 11.5 Å². The summed E-state index contributed by atoms with van der Waals surface area (Å²) in [6.07, 6.45) is 5.67. The molecule has 1 aliphatic heterocycles. The summed E-state index contributed by atoms with van der Waals surface area (Å²) in [5.74, 6) is 0.919. The Balaban J connectivity index is 1.75. The molecule has 0 aromatic carbocycles. The van der Waals surface area contributed by atoms with Crippen LogP contribution in [0.25, 0.3) is 28.3 Å². The van der Waals surface area contributed by atoms with Gasteiger partial charge in [0.2, 0.25) is 0 Å². The van der Waals surface area contributed by atoms with Crippen molar-refractivity contribution in [1.29, 1.82) is 0 Å². The second-order valence-corrected chi connectivity index (χ2v) is 7.34. The number of ether oxygens (including phenoxy) is 1. The summed E-state index contributed by atoms with van der Waals surface area (Å²) in [5.41, 5.74) is 5.95. The van der Waals surface area contributed by atoms with Gasteiger partial charge in [0.25, 0.3) is 0 Å². The van der Waals surface area contributed by atoms with E-state index in [4.69, 9.17) is 14.8 Å². The highest BCUT2D eigenvalue weighted by Gasteiger charge is 2.24. The van der Waals surface area contributed by atoms with Crippen molar-refractivity contribution < 1.29 is 4.74 Å². The first-order chi connectivity index (χ1) is 13.6.